The van der Waals surface area contributed by atoms with Crippen molar-refractivity contribution in [2.75, 3.05) is 0 Å². The van der Waals surface area contributed by atoms with Crippen LogP contribution in [0.25, 0.3) is 198 Å². The van der Waals surface area contributed by atoms with E-state index >= 15 is 0 Å². The molecule has 0 bridgehead atoms. The van der Waals surface area contributed by atoms with E-state index in [1.807, 2.05) is 24.3 Å². The first-order valence-corrected chi connectivity index (χ1v) is 36.4. The van der Waals surface area contributed by atoms with Gasteiger partial charge in [0.05, 0.1) is 0 Å². The molecule has 0 N–H and O–H groups in total. The number of para-hydroxylation sites is 2. The summed E-state index contributed by atoms with van der Waals surface area (Å²) < 4.78 is 12.3. The molecule has 0 amide bonds. The highest BCUT2D eigenvalue weighted by molar-refractivity contribution is 6.26. The van der Waals surface area contributed by atoms with Crippen LogP contribution in [0, 0.1) is 0 Å². The van der Waals surface area contributed by atoms with Gasteiger partial charge >= 0.3 is 0 Å². The minimum atomic E-state index is -0.109. The largest absolute Gasteiger partial charge is 0.456 e. The number of furan rings is 2. The Labute approximate surface area is 603 Å². The Morgan fingerprint density at radius 3 is 0.923 bits per heavy atom. The van der Waals surface area contributed by atoms with E-state index in [0.29, 0.717) is 0 Å². The average molecular weight is 1330 g/mol. The molecule has 0 saturated heterocycles. The molecule has 0 unspecified atom stereocenters. The lowest BCUT2D eigenvalue weighted by molar-refractivity contribution is 0.661. The summed E-state index contributed by atoms with van der Waals surface area (Å²) in [7, 11) is 0. The fourth-order valence-electron chi connectivity index (χ4n) is 18.5. The van der Waals surface area contributed by atoms with Gasteiger partial charge in [-0.3, -0.25) is 0 Å². The maximum absolute atomic E-state index is 6.16. The molecule has 0 atom stereocenters. The van der Waals surface area contributed by atoms with Crippen molar-refractivity contribution in [3.8, 4) is 89.0 Å². The molecule has 0 aliphatic heterocycles. The third-order valence-electron chi connectivity index (χ3n) is 23.3. The van der Waals surface area contributed by atoms with E-state index in [1.165, 1.54) is 176 Å². The minimum absolute atomic E-state index is 0.104. The highest BCUT2D eigenvalue weighted by Crippen LogP contribution is 2.59. The predicted molar refractivity (Wildman–Crippen MR) is 440 cm³/mol. The fraction of sp³-hybridized carbons (Fsp3) is 0.0588. The van der Waals surface area contributed by atoms with Crippen molar-refractivity contribution in [2.45, 2.75) is 38.5 Å². The van der Waals surface area contributed by atoms with Crippen LogP contribution in [0.4, 0.5) is 0 Å². The number of benzene rings is 18. The van der Waals surface area contributed by atoms with Gasteiger partial charge in [0.2, 0.25) is 0 Å². The number of rotatable bonds is 6. The van der Waals surface area contributed by atoms with Crippen LogP contribution in [0.15, 0.2) is 349 Å². The minimum Gasteiger partial charge on any atom is -0.456 e. The SMILES string of the molecule is CC1(C)c2cccc(-c3c4ccccc4c(-c4ccc(-c5ccc6oc7ccccc7c6c5)cc4)c4ccccc34)c2-c2c1ccc1ccccc21.CC1(C)c2cccc(-c3c4ccccc4c(-c4cccc(-c5ccc6oc7ccccc7c6c5)c4)c4ccccc34)c2-c2c1ccc1ccccc21. The zero-order valence-corrected chi connectivity index (χ0v) is 58.1. The molecule has 0 fully saturated rings. The summed E-state index contributed by atoms with van der Waals surface area (Å²) in [4.78, 5) is 0. The molecule has 2 nitrogen and oxygen atoms in total. The molecular weight excluding hydrogens is 1260 g/mol. The Kier molecular flexibility index (Phi) is 13.1. The van der Waals surface area contributed by atoms with Crippen LogP contribution in [-0.2, 0) is 10.8 Å². The average Bonchev–Trinajstić information content (AvgIpc) is 1.53. The Balaban J connectivity index is 0.000000134. The van der Waals surface area contributed by atoms with Crippen molar-refractivity contribution in [1.82, 2.24) is 0 Å². The summed E-state index contributed by atoms with van der Waals surface area (Å²) in [6.07, 6.45) is 0. The second-order valence-electron chi connectivity index (χ2n) is 29.6. The molecule has 0 spiro atoms. The zero-order chi connectivity index (χ0) is 69.1. The third kappa shape index (κ3) is 8.88. The highest BCUT2D eigenvalue weighted by Gasteiger charge is 2.40. The van der Waals surface area contributed by atoms with E-state index in [-0.39, 0.29) is 10.8 Å². The van der Waals surface area contributed by atoms with E-state index in [2.05, 4.69) is 343 Å². The standard InChI is InChI=1S/2C51H34O/c1-51(2)43-23-12-22-41(50(43)49-35-16-4-3-13-31(35)25-27-44(49)51)48-39-20-7-5-18-37(39)47(38-19-6-8-21-40(38)48)34-15-11-14-32(29-34)33-26-28-46-42(30-33)36-17-9-10-24-45(36)52-46;1-51(2)43-20-11-19-41(50(43)49-35-13-4-3-12-32(35)26-28-44(49)51)48-39-17-7-5-15-37(39)47(38-16-6-8-18-40(38)48)33-24-22-31(23-25-33)34-27-29-46-42(30-34)36-14-9-10-21-45(36)52-46/h2*3-30H,1-2H3. The van der Waals surface area contributed by atoms with Crippen LogP contribution in [-0.4, -0.2) is 0 Å². The van der Waals surface area contributed by atoms with Gasteiger partial charge in [0, 0.05) is 32.4 Å². The lowest BCUT2D eigenvalue weighted by Gasteiger charge is -2.22. The predicted octanol–water partition coefficient (Wildman–Crippen LogP) is 28.7. The van der Waals surface area contributed by atoms with Crippen LogP contribution < -0.4 is 0 Å². The molecule has 0 saturated carbocycles. The molecule has 2 heterocycles. The van der Waals surface area contributed by atoms with Gasteiger partial charge in [-0.05, 0) is 218 Å². The summed E-state index contributed by atoms with van der Waals surface area (Å²) in [5.41, 5.74) is 29.5. The third-order valence-corrected chi connectivity index (χ3v) is 23.3. The van der Waals surface area contributed by atoms with Crippen molar-refractivity contribution in [1.29, 1.82) is 0 Å². The molecule has 2 aliphatic carbocycles. The first-order chi connectivity index (χ1) is 51.1. The summed E-state index contributed by atoms with van der Waals surface area (Å²) in [6.45, 7) is 9.54. The fourth-order valence-corrected chi connectivity index (χ4v) is 18.5. The summed E-state index contributed by atoms with van der Waals surface area (Å²) in [6, 6.07) is 125. The number of hydrogen-bond donors (Lipinski definition) is 0. The van der Waals surface area contributed by atoms with Crippen LogP contribution in [0.2, 0.25) is 0 Å². The van der Waals surface area contributed by atoms with Crippen molar-refractivity contribution < 1.29 is 8.83 Å². The summed E-state index contributed by atoms with van der Waals surface area (Å²) in [5, 5.41) is 20.0. The maximum Gasteiger partial charge on any atom is 0.135 e. The maximum atomic E-state index is 6.16. The molecule has 104 heavy (non-hydrogen) atoms. The van der Waals surface area contributed by atoms with Crippen LogP contribution in [0.1, 0.15) is 49.9 Å². The first-order valence-electron chi connectivity index (χ1n) is 36.4. The van der Waals surface area contributed by atoms with Crippen LogP contribution in [0.3, 0.4) is 0 Å². The van der Waals surface area contributed by atoms with Gasteiger partial charge in [-0.25, -0.2) is 0 Å². The van der Waals surface area contributed by atoms with Gasteiger partial charge in [0.15, 0.2) is 0 Å². The topological polar surface area (TPSA) is 26.3 Å². The van der Waals surface area contributed by atoms with E-state index < -0.39 is 0 Å². The number of fused-ring (bicyclic) bond motifs is 20. The van der Waals surface area contributed by atoms with Gasteiger partial charge in [-0.1, -0.05) is 325 Å². The molecular formula is C102H68O2. The highest BCUT2D eigenvalue weighted by atomic mass is 16.3. The molecule has 2 aromatic heterocycles. The zero-order valence-electron chi connectivity index (χ0n) is 58.1. The van der Waals surface area contributed by atoms with E-state index in [9.17, 15) is 0 Å². The van der Waals surface area contributed by atoms with Crippen LogP contribution >= 0.6 is 0 Å². The van der Waals surface area contributed by atoms with Gasteiger partial charge in [0.1, 0.15) is 22.3 Å². The lowest BCUT2D eigenvalue weighted by Crippen LogP contribution is -2.14. The van der Waals surface area contributed by atoms with Gasteiger partial charge in [0.25, 0.3) is 0 Å². The molecule has 488 valence electrons. The Hall–Kier alpha value is -12.9. The second kappa shape index (κ2) is 22.8. The summed E-state index contributed by atoms with van der Waals surface area (Å²) >= 11 is 0. The Morgan fingerprint density at radius 2 is 0.481 bits per heavy atom. The first kappa shape index (κ1) is 59.9. The molecule has 20 aromatic rings. The van der Waals surface area contributed by atoms with Crippen molar-refractivity contribution in [3.05, 3.63) is 362 Å². The van der Waals surface area contributed by atoms with Crippen molar-refractivity contribution in [2.24, 2.45) is 0 Å². The summed E-state index contributed by atoms with van der Waals surface area (Å²) in [5.74, 6) is 0. The molecule has 2 aliphatic rings. The quantitative estimate of drug-likeness (QED) is 0.155. The smallest absolute Gasteiger partial charge is 0.135 e. The van der Waals surface area contributed by atoms with Gasteiger partial charge < -0.3 is 8.83 Å². The lowest BCUT2D eigenvalue weighted by atomic mass is 9.80. The molecule has 22 rings (SSSR count). The molecule has 2 heteroatoms. The van der Waals surface area contributed by atoms with Gasteiger partial charge in [-0.2, -0.15) is 0 Å². The second-order valence-corrected chi connectivity index (χ2v) is 29.6. The Bertz CT molecular complexity index is 6910. The molecule has 18 aromatic carbocycles. The van der Waals surface area contributed by atoms with E-state index in [0.717, 1.165) is 43.9 Å². The normalized spacial score (nSPS) is 13.3. The van der Waals surface area contributed by atoms with Crippen molar-refractivity contribution >= 4 is 109 Å². The van der Waals surface area contributed by atoms with Gasteiger partial charge in [-0.15, -0.1) is 0 Å². The molecule has 0 radical (unpaired) electrons. The van der Waals surface area contributed by atoms with Crippen LogP contribution in [0.5, 0.6) is 0 Å². The van der Waals surface area contributed by atoms with Crippen molar-refractivity contribution in [3.63, 3.8) is 0 Å². The monoisotopic (exact) mass is 1320 g/mol. The Morgan fingerprint density at radius 1 is 0.173 bits per heavy atom. The van der Waals surface area contributed by atoms with E-state index in [1.54, 1.807) is 0 Å². The number of hydrogen-bond acceptors (Lipinski definition) is 2. The van der Waals surface area contributed by atoms with E-state index in [4.69, 9.17) is 8.83 Å².